The summed E-state index contributed by atoms with van der Waals surface area (Å²) in [4.78, 5) is 14.5. The van der Waals surface area contributed by atoms with Crippen LogP contribution in [-0.4, -0.2) is 25.6 Å². The average molecular weight is 311 g/mol. The van der Waals surface area contributed by atoms with E-state index >= 15 is 0 Å². The molecule has 2 aromatic rings. The molecule has 5 nitrogen and oxygen atoms in total. The van der Waals surface area contributed by atoms with Crippen molar-refractivity contribution in [3.05, 3.63) is 47.5 Å². The number of carbonyl (C=O) groups is 1. The molecule has 0 radical (unpaired) electrons. The summed E-state index contributed by atoms with van der Waals surface area (Å²) in [5.41, 5.74) is 10.4. The summed E-state index contributed by atoms with van der Waals surface area (Å²) in [5.74, 6) is 0.697. The summed E-state index contributed by atoms with van der Waals surface area (Å²) < 4.78 is 5.62. The molecule has 0 aromatic heterocycles. The number of nitrogens with one attached hydrogen (secondary N) is 1. The number of carbonyl (C=O) groups excluding carboxylic acids is 1. The van der Waals surface area contributed by atoms with E-state index in [4.69, 9.17) is 10.5 Å². The van der Waals surface area contributed by atoms with Gasteiger partial charge in [0.1, 0.15) is 12.4 Å². The highest BCUT2D eigenvalue weighted by atomic mass is 16.5. The van der Waals surface area contributed by atoms with Crippen LogP contribution in [0.5, 0.6) is 5.75 Å². The van der Waals surface area contributed by atoms with E-state index in [1.165, 1.54) is 0 Å². The number of nitrogen functional groups attached to an aromatic ring is 1. The molecule has 120 valence electrons. The predicted molar refractivity (Wildman–Crippen MR) is 93.1 cm³/mol. The Hall–Kier alpha value is -2.69. The molecule has 1 aliphatic heterocycles. The second-order valence-corrected chi connectivity index (χ2v) is 5.81. The van der Waals surface area contributed by atoms with Gasteiger partial charge in [0.2, 0.25) is 5.91 Å². The fourth-order valence-electron chi connectivity index (χ4n) is 2.82. The Balaban J connectivity index is 1.75. The highest BCUT2D eigenvalue weighted by molar-refractivity contribution is 5.95. The molecule has 0 unspecified atom stereocenters. The first-order chi connectivity index (χ1) is 11.0. The van der Waals surface area contributed by atoms with Crippen molar-refractivity contribution < 1.29 is 9.53 Å². The van der Waals surface area contributed by atoms with Crippen LogP contribution >= 0.6 is 0 Å². The average Bonchev–Trinajstić information content (AvgIpc) is 2.51. The summed E-state index contributed by atoms with van der Waals surface area (Å²) in [7, 11) is 0. The third-order valence-electron chi connectivity index (χ3n) is 4.02. The second-order valence-electron chi connectivity index (χ2n) is 5.81. The molecule has 0 saturated heterocycles. The van der Waals surface area contributed by atoms with Crippen LogP contribution < -0.4 is 20.7 Å². The van der Waals surface area contributed by atoms with Gasteiger partial charge in [-0.05, 0) is 37.1 Å². The zero-order chi connectivity index (χ0) is 16.4. The number of benzene rings is 2. The molecule has 3 rings (SSSR count). The van der Waals surface area contributed by atoms with E-state index < -0.39 is 0 Å². The van der Waals surface area contributed by atoms with Gasteiger partial charge in [-0.15, -0.1) is 0 Å². The Morgan fingerprint density at radius 2 is 2.00 bits per heavy atom. The second kappa shape index (κ2) is 6.20. The number of nitrogens with two attached hydrogens (primary N) is 1. The minimum Gasteiger partial charge on any atom is -0.489 e. The molecule has 0 spiro atoms. The number of ether oxygens (including phenoxy) is 1. The molecule has 3 N–H and O–H groups in total. The number of para-hydroxylation sites is 1. The Morgan fingerprint density at radius 1 is 1.26 bits per heavy atom. The van der Waals surface area contributed by atoms with Crippen molar-refractivity contribution in [2.24, 2.45) is 0 Å². The minimum atomic E-state index is -0.0351. The first-order valence-electron chi connectivity index (χ1n) is 7.68. The highest BCUT2D eigenvalue weighted by Crippen LogP contribution is 2.33. The fraction of sp³-hybridized carbons (Fsp3) is 0.278. The van der Waals surface area contributed by atoms with Crippen molar-refractivity contribution in [1.82, 2.24) is 0 Å². The number of hydrogen-bond donors (Lipinski definition) is 2. The fourth-order valence-corrected chi connectivity index (χ4v) is 2.82. The van der Waals surface area contributed by atoms with Gasteiger partial charge >= 0.3 is 0 Å². The lowest BCUT2D eigenvalue weighted by atomic mass is 10.1. The maximum atomic E-state index is 12.4. The third-order valence-corrected chi connectivity index (χ3v) is 4.02. The van der Waals surface area contributed by atoms with Crippen LogP contribution in [0.2, 0.25) is 0 Å². The van der Waals surface area contributed by atoms with Crippen LogP contribution in [0.15, 0.2) is 36.4 Å². The van der Waals surface area contributed by atoms with Gasteiger partial charge in [0.05, 0.1) is 18.8 Å². The highest BCUT2D eigenvalue weighted by Gasteiger charge is 2.20. The minimum absolute atomic E-state index is 0.0351. The summed E-state index contributed by atoms with van der Waals surface area (Å²) in [6, 6.07) is 11.5. The van der Waals surface area contributed by atoms with E-state index in [0.717, 1.165) is 28.3 Å². The molecule has 2 aromatic carbocycles. The van der Waals surface area contributed by atoms with Gasteiger partial charge in [-0.1, -0.05) is 18.2 Å². The molecule has 0 fully saturated rings. The predicted octanol–water partition coefficient (Wildman–Crippen LogP) is 2.72. The molecule has 0 bridgehead atoms. The Bertz CT molecular complexity index is 723. The number of anilines is 3. The smallest absolute Gasteiger partial charge is 0.243 e. The Labute approximate surface area is 136 Å². The number of nitrogens with zero attached hydrogens (tertiary/aromatic N) is 1. The van der Waals surface area contributed by atoms with Gasteiger partial charge in [0, 0.05) is 17.4 Å². The number of amides is 1. The molecule has 5 heteroatoms. The van der Waals surface area contributed by atoms with Crippen molar-refractivity contribution in [1.29, 1.82) is 0 Å². The summed E-state index contributed by atoms with van der Waals surface area (Å²) in [6.07, 6.45) is 0. The standard InChI is InChI=1S/C18H21N3O2/c1-12-4-3-5-13(2)18(12)20-17(22)11-21-8-9-23-16-10-14(19)6-7-15(16)21/h3-7,10H,8-9,11,19H2,1-2H3,(H,20,22). The Morgan fingerprint density at radius 3 is 2.74 bits per heavy atom. The lowest BCUT2D eigenvalue weighted by Gasteiger charge is -2.31. The van der Waals surface area contributed by atoms with E-state index in [2.05, 4.69) is 5.32 Å². The Kier molecular flexibility index (Phi) is 4.10. The van der Waals surface area contributed by atoms with Crippen molar-refractivity contribution in [3.8, 4) is 5.75 Å². The van der Waals surface area contributed by atoms with Crippen molar-refractivity contribution >= 4 is 23.0 Å². The van der Waals surface area contributed by atoms with Gasteiger partial charge in [-0.2, -0.15) is 0 Å². The van der Waals surface area contributed by atoms with Crippen molar-refractivity contribution in [2.75, 3.05) is 35.6 Å². The summed E-state index contributed by atoms with van der Waals surface area (Å²) in [5, 5.41) is 3.02. The van der Waals surface area contributed by atoms with Crippen LogP contribution in [0.1, 0.15) is 11.1 Å². The normalized spacial score (nSPS) is 13.2. The maximum Gasteiger partial charge on any atom is 0.243 e. The number of aryl methyl sites for hydroxylation is 2. The molecule has 1 amide bonds. The first kappa shape index (κ1) is 15.2. The number of hydrogen-bond acceptors (Lipinski definition) is 4. The van der Waals surface area contributed by atoms with Gasteiger partial charge in [-0.25, -0.2) is 0 Å². The van der Waals surface area contributed by atoms with Crippen LogP contribution in [0.3, 0.4) is 0 Å². The van der Waals surface area contributed by atoms with E-state index in [0.29, 0.717) is 18.8 Å². The van der Waals surface area contributed by atoms with Crippen LogP contribution in [-0.2, 0) is 4.79 Å². The van der Waals surface area contributed by atoms with E-state index in [-0.39, 0.29) is 12.5 Å². The lowest BCUT2D eigenvalue weighted by molar-refractivity contribution is -0.115. The van der Waals surface area contributed by atoms with E-state index in [1.807, 2.05) is 49.1 Å². The lowest BCUT2D eigenvalue weighted by Crippen LogP contribution is -2.39. The number of fused-ring (bicyclic) bond motifs is 1. The molecule has 1 heterocycles. The van der Waals surface area contributed by atoms with Crippen molar-refractivity contribution in [2.45, 2.75) is 13.8 Å². The van der Waals surface area contributed by atoms with Crippen LogP contribution in [0.25, 0.3) is 0 Å². The monoisotopic (exact) mass is 311 g/mol. The SMILES string of the molecule is Cc1cccc(C)c1NC(=O)CN1CCOc2cc(N)ccc21. The zero-order valence-electron chi connectivity index (χ0n) is 13.4. The first-order valence-corrected chi connectivity index (χ1v) is 7.68. The number of rotatable bonds is 3. The largest absolute Gasteiger partial charge is 0.489 e. The van der Waals surface area contributed by atoms with Gasteiger partial charge in [0.15, 0.2) is 0 Å². The molecular weight excluding hydrogens is 290 g/mol. The van der Waals surface area contributed by atoms with Crippen LogP contribution in [0.4, 0.5) is 17.1 Å². The van der Waals surface area contributed by atoms with E-state index in [9.17, 15) is 4.79 Å². The molecule has 23 heavy (non-hydrogen) atoms. The van der Waals surface area contributed by atoms with Crippen molar-refractivity contribution in [3.63, 3.8) is 0 Å². The topological polar surface area (TPSA) is 67.6 Å². The third kappa shape index (κ3) is 3.23. The van der Waals surface area contributed by atoms with E-state index in [1.54, 1.807) is 6.07 Å². The molecular formula is C18H21N3O2. The van der Waals surface area contributed by atoms with Crippen LogP contribution in [0, 0.1) is 13.8 Å². The summed E-state index contributed by atoms with van der Waals surface area (Å²) in [6.45, 7) is 5.50. The zero-order valence-corrected chi connectivity index (χ0v) is 13.4. The van der Waals surface area contributed by atoms with Gasteiger partial charge in [0.25, 0.3) is 0 Å². The molecule has 0 aliphatic carbocycles. The molecule has 0 saturated carbocycles. The van der Waals surface area contributed by atoms with Gasteiger partial charge < -0.3 is 20.7 Å². The summed E-state index contributed by atoms with van der Waals surface area (Å²) >= 11 is 0. The molecule has 0 atom stereocenters. The maximum absolute atomic E-state index is 12.4. The molecule has 1 aliphatic rings. The quantitative estimate of drug-likeness (QED) is 0.855. The van der Waals surface area contributed by atoms with Gasteiger partial charge in [-0.3, -0.25) is 4.79 Å².